The van der Waals surface area contributed by atoms with Crippen molar-refractivity contribution in [2.75, 3.05) is 5.32 Å². The minimum Gasteiger partial charge on any atom is -0.459 e. The summed E-state index contributed by atoms with van der Waals surface area (Å²) in [5, 5.41) is 4.09. The Morgan fingerprint density at radius 3 is 3.00 bits per heavy atom. The summed E-state index contributed by atoms with van der Waals surface area (Å²) in [4.78, 5) is 42.3. The quantitative estimate of drug-likeness (QED) is 0.676. The fourth-order valence-corrected chi connectivity index (χ4v) is 4.75. The third kappa shape index (κ3) is 3.60. The average Bonchev–Trinajstić information content (AvgIpc) is 3.02. The van der Waals surface area contributed by atoms with E-state index >= 15 is 0 Å². The van der Waals surface area contributed by atoms with E-state index in [9.17, 15) is 14.4 Å². The molecule has 0 saturated carbocycles. The molecule has 1 aliphatic heterocycles. The molecule has 0 bridgehead atoms. The number of thioether (sulfide) groups is 1. The number of nitrogens with one attached hydrogen (secondary N) is 1. The summed E-state index contributed by atoms with van der Waals surface area (Å²) in [6.07, 6.45) is -0.0514. The maximum absolute atomic E-state index is 12.2. The van der Waals surface area contributed by atoms with Crippen LogP contribution in [-0.4, -0.2) is 26.5 Å². The van der Waals surface area contributed by atoms with Gasteiger partial charge < -0.3 is 10.1 Å². The van der Waals surface area contributed by atoms with Crippen molar-refractivity contribution in [3.8, 4) is 0 Å². The van der Waals surface area contributed by atoms with Crippen LogP contribution in [0.5, 0.6) is 0 Å². The highest BCUT2D eigenvalue weighted by Crippen LogP contribution is 2.36. The molecule has 3 heterocycles. The van der Waals surface area contributed by atoms with E-state index in [1.165, 1.54) is 33.6 Å². The number of hydrogen-bond donors (Lipinski definition) is 1. The first kappa shape index (κ1) is 17.7. The van der Waals surface area contributed by atoms with Gasteiger partial charge in [-0.3, -0.25) is 18.8 Å². The number of aromatic nitrogens is 2. The topological polar surface area (TPSA) is 89.8 Å². The lowest BCUT2D eigenvalue weighted by Gasteiger charge is -2.23. The number of nitrogens with zero attached hydrogens (tertiary/aromatic N) is 2. The van der Waals surface area contributed by atoms with Crippen molar-refractivity contribution in [2.45, 2.75) is 30.1 Å². The van der Waals surface area contributed by atoms with Crippen LogP contribution in [0.1, 0.15) is 17.8 Å². The van der Waals surface area contributed by atoms with Gasteiger partial charge in [0.1, 0.15) is 6.61 Å². The maximum atomic E-state index is 12.2. The molecule has 27 heavy (non-hydrogen) atoms. The molecular weight excluding hydrogens is 386 g/mol. The fraction of sp³-hybridized carbons (Fsp3) is 0.222. The number of amides is 1. The smallest absolute Gasteiger partial charge is 0.307 e. The molecule has 4 rings (SSSR count). The highest BCUT2D eigenvalue weighted by molar-refractivity contribution is 8.01. The molecule has 0 saturated heterocycles. The van der Waals surface area contributed by atoms with Crippen molar-refractivity contribution in [1.82, 2.24) is 9.38 Å². The van der Waals surface area contributed by atoms with E-state index in [-0.39, 0.29) is 24.5 Å². The Morgan fingerprint density at radius 1 is 1.33 bits per heavy atom. The first-order chi connectivity index (χ1) is 13.0. The summed E-state index contributed by atoms with van der Waals surface area (Å²) in [6, 6.07) is 8.80. The van der Waals surface area contributed by atoms with E-state index in [0.29, 0.717) is 10.7 Å². The summed E-state index contributed by atoms with van der Waals surface area (Å²) in [6.45, 7) is 1.73. The summed E-state index contributed by atoms with van der Waals surface area (Å²) >= 11 is 2.70. The molecule has 0 aliphatic carbocycles. The van der Waals surface area contributed by atoms with Crippen LogP contribution < -0.4 is 10.9 Å². The van der Waals surface area contributed by atoms with Crippen molar-refractivity contribution in [1.29, 1.82) is 0 Å². The molecule has 1 aromatic carbocycles. The van der Waals surface area contributed by atoms with Gasteiger partial charge in [-0.15, -0.1) is 23.1 Å². The predicted molar refractivity (Wildman–Crippen MR) is 103 cm³/mol. The summed E-state index contributed by atoms with van der Waals surface area (Å²) in [5.74, 6) is -0.728. The van der Waals surface area contributed by atoms with Gasteiger partial charge >= 0.3 is 5.97 Å². The number of ether oxygens (including phenoxy) is 1. The first-order valence-corrected chi connectivity index (χ1v) is 9.96. The lowest BCUT2D eigenvalue weighted by molar-refractivity contribution is -0.145. The van der Waals surface area contributed by atoms with E-state index < -0.39 is 11.2 Å². The molecule has 0 spiro atoms. The molecule has 9 heteroatoms. The normalized spacial score (nSPS) is 16.0. The summed E-state index contributed by atoms with van der Waals surface area (Å²) in [5.41, 5.74) is 1.75. The third-order valence-corrected chi connectivity index (χ3v) is 6.29. The molecule has 0 radical (unpaired) electrons. The molecule has 7 nitrogen and oxygen atoms in total. The van der Waals surface area contributed by atoms with Crippen LogP contribution in [0.2, 0.25) is 0 Å². The zero-order valence-electron chi connectivity index (χ0n) is 14.3. The Morgan fingerprint density at radius 2 is 2.15 bits per heavy atom. The number of fused-ring (bicyclic) bond motifs is 2. The number of benzene rings is 1. The van der Waals surface area contributed by atoms with E-state index in [1.54, 1.807) is 0 Å². The van der Waals surface area contributed by atoms with Gasteiger partial charge in [-0.25, -0.2) is 4.98 Å². The van der Waals surface area contributed by atoms with Crippen LogP contribution in [0.25, 0.3) is 4.96 Å². The van der Waals surface area contributed by atoms with Crippen LogP contribution in [0.4, 0.5) is 5.69 Å². The van der Waals surface area contributed by atoms with Crippen molar-refractivity contribution >= 4 is 45.6 Å². The largest absolute Gasteiger partial charge is 0.459 e. The van der Waals surface area contributed by atoms with E-state index in [0.717, 1.165) is 16.3 Å². The van der Waals surface area contributed by atoms with Crippen LogP contribution in [-0.2, 0) is 20.9 Å². The Balaban J connectivity index is 1.40. The minimum absolute atomic E-state index is 0.0514. The molecule has 138 valence electrons. The van der Waals surface area contributed by atoms with Gasteiger partial charge in [0.15, 0.2) is 4.96 Å². The fourth-order valence-electron chi connectivity index (χ4n) is 2.77. The Labute approximate surface area is 162 Å². The number of carbonyl (C=O) groups is 2. The van der Waals surface area contributed by atoms with Gasteiger partial charge in [0, 0.05) is 22.0 Å². The van der Waals surface area contributed by atoms with Crippen LogP contribution >= 0.6 is 23.1 Å². The SMILES string of the molecule is Cc1csc2nc(COC(=O)C[C@H]3Sc4ccccc4NC3=O)cc(=O)n12. The van der Waals surface area contributed by atoms with E-state index in [4.69, 9.17) is 4.74 Å². The van der Waals surface area contributed by atoms with Gasteiger partial charge in [-0.1, -0.05) is 12.1 Å². The van der Waals surface area contributed by atoms with Gasteiger partial charge in [0.25, 0.3) is 5.56 Å². The molecular formula is C18H15N3O4S2. The Kier molecular flexibility index (Phi) is 4.71. The molecule has 0 unspecified atom stereocenters. The number of esters is 1. The lowest BCUT2D eigenvalue weighted by Crippen LogP contribution is -2.31. The number of rotatable bonds is 4. The van der Waals surface area contributed by atoms with Crippen molar-refractivity contribution < 1.29 is 14.3 Å². The van der Waals surface area contributed by atoms with Gasteiger partial charge in [0.05, 0.1) is 23.1 Å². The van der Waals surface area contributed by atoms with Crippen LogP contribution in [0.15, 0.2) is 45.4 Å². The number of anilines is 1. The monoisotopic (exact) mass is 401 g/mol. The number of carbonyl (C=O) groups excluding carboxylic acids is 2. The van der Waals surface area contributed by atoms with Crippen molar-refractivity contribution in [2.24, 2.45) is 0 Å². The van der Waals surface area contributed by atoms with Crippen LogP contribution in [0, 0.1) is 6.92 Å². The lowest BCUT2D eigenvalue weighted by atomic mass is 10.2. The highest BCUT2D eigenvalue weighted by Gasteiger charge is 2.29. The number of hydrogen-bond acceptors (Lipinski definition) is 7. The van der Waals surface area contributed by atoms with Crippen LogP contribution in [0.3, 0.4) is 0 Å². The standard InChI is InChI=1S/C18H15N3O4S2/c1-10-9-26-18-19-11(6-15(22)21(10)18)8-25-16(23)7-14-17(24)20-12-4-2-3-5-13(12)27-14/h2-6,9,14H,7-8H2,1H3,(H,20,24)/t14-/m1/s1. The molecule has 2 aromatic heterocycles. The zero-order chi connectivity index (χ0) is 19.0. The highest BCUT2D eigenvalue weighted by atomic mass is 32.2. The Bertz CT molecular complexity index is 1110. The van der Waals surface area contributed by atoms with E-state index in [1.807, 2.05) is 36.6 Å². The molecule has 0 fully saturated rings. The molecule has 1 aliphatic rings. The summed E-state index contributed by atoms with van der Waals surface area (Å²) < 4.78 is 6.75. The second-order valence-corrected chi connectivity index (χ2v) is 8.12. The Hall–Kier alpha value is -2.65. The number of thiazole rings is 1. The zero-order valence-corrected chi connectivity index (χ0v) is 15.9. The molecule has 1 amide bonds. The summed E-state index contributed by atoms with van der Waals surface area (Å²) in [7, 11) is 0. The second kappa shape index (κ2) is 7.16. The third-order valence-electron chi connectivity index (χ3n) is 4.07. The van der Waals surface area contributed by atoms with Gasteiger partial charge in [-0.05, 0) is 19.1 Å². The van der Waals surface area contributed by atoms with Gasteiger partial charge in [0.2, 0.25) is 5.91 Å². The van der Waals surface area contributed by atoms with E-state index in [2.05, 4.69) is 10.3 Å². The molecule has 1 atom stereocenters. The van der Waals surface area contributed by atoms with Gasteiger partial charge in [-0.2, -0.15) is 0 Å². The second-order valence-electron chi connectivity index (χ2n) is 6.04. The molecule has 3 aromatic rings. The maximum Gasteiger partial charge on any atom is 0.307 e. The predicted octanol–water partition coefficient (Wildman–Crippen LogP) is 2.61. The number of para-hydroxylation sites is 1. The van der Waals surface area contributed by atoms with Crippen molar-refractivity contribution in [3.63, 3.8) is 0 Å². The molecule has 1 N–H and O–H groups in total. The minimum atomic E-state index is -0.548. The number of aryl methyl sites for hydroxylation is 1. The van der Waals surface area contributed by atoms with Crippen molar-refractivity contribution in [3.05, 3.63) is 57.5 Å². The first-order valence-electron chi connectivity index (χ1n) is 8.20. The average molecular weight is 401 g/mol.